The first-order chi connectivity index (χ1) is 20.7. The van der Waals surface area contributed by atoms with E-state index in [0.717, 1.165) is 4.31 Å². The monoisotopic (exact) mass is 629 g/mol. The summed E-state index contributed by atoms with van der Waals surface area (Å²) in [5.74, 6) is -0.479. The summed E-state index contributed by atoms with van der Waals surface area (Å²) in [4.78, 5) is 28.4. The fourth-order valence-electron chi connectivity index (χ4n) is 4.35. The largest absolute Gasteiger partial charge is 0.494 e. The topological polar surface area (TPSA) is 114 Å². The summed E-state index contributed by atoms with van der Waals surface area (Å²) >= 11 is 0. The third-order valence-corrected chi connectivity index (χ3v) is 8.36. The molecule has 3 aromatic rings. The fourth-order valence-corrected chi connectivity index (χ4v) is 5.78. The normalized spacial score (nSPS) is 12.2. The molecule has 3 rings (SSSR count). The van der Waals surface area contributed by atoms with Crippen molar-refractivity contribution in [3.05, 3.63) is 78.1 Å². The van der Waals surface area contributed by atoms with Crippen molar-refractivity contribution in [2.75, 3.05) is 31.7 Å². The molecule has 0 bridgehead atoms. The quantitative estimate of drug-likeness (QED) is 0.290. The molecule has 1 N–H and O–H groups in total. The summed E-state index contributed by atoms with van der Waals surface area (Å²) in [6.07, 6.45) is 0. The number of nitrogens with one attached hydrogen (secondary N) is 1. The molecule has 0 aliphatic carbocycles. The van der Waals surface area contributed by atoms with E-state index in [1.54, 1.807) is 19.1 Å². The minimum Gasteiger partial charge on any atom is -0.494 e. The van der Waals surface area contributed by atoms with Crippen LogP contribution in [-0.2, 0) is 26.2 Å². The molecular formula is C32H40FN3O7S. The van der Waals surface area contributed by atoms with Crippen molar-refractivity contribution in [2.45, 2.75) is 57.6 Å². The van der Waals surface area contributed by atoms with Crippen LogP contribution < -0.4 is 23.8 Å². The SMILES string of the molecule is CCOc1ccc(N(CC(=O)N(Cc2ccc(F)cc2)[C@H](C)C(=O)NC(C)(C)C)S(=O)(=O)c2ccc(OC)c(OC)c2)cc1. The lowest BCUT2D eigenvalue weighted by molar-refractivity contribution is -0.140. The van der Waals surface area contributed by atoms with Gasteiger partial charge < -0.3 is 24.4 Å². The summed E-state index contributed by atoms with van der Waals surface area (Å²) in [6, 6.07) is 15.0. The molecule has 0 saturated heterocycles. The number of hydrogen-bond acceptors (Lipinski definition) is 7. The van der Waals surface area contributed by atoms with Gasteiger partial charge in [0, 0.05) is 18.2 Å². The number of nitrogens with zero attached hydrogens (tertiary/aromatic N) is 2. The number of ether oxygens (including phenoxy) is 3. The van der Waals surface area contributed by atoms with E-state index in [1.165, 1.54) is 73.7 Å². The third kappa shape index (κ3) is 8.62. The van der Waals surface area contributed by atoms with Gasteiger partial charge in [0.1, 0.15) is 24.2 Å². The van der Waals surface area contributed by atoms with Crippen molar-refractivity contribution in [1.82, 2.24) is 10.2 Å². The van der Waals surface area contributed by atoms with Gasteiger partial charge in [-0.25, -0.2) is 12.8 Å². The van der Waals surface area contributed by atoms with E-state index in [9.17, 15) is 22.4 Å². The summed E-state index contributed by atoms with van der Waals surface area (Å²) in [7, 11) is -1.54. The minimum absolute atomic E-state index is 0.0641. The van der Waals surface area contributed by atoms with E-state index in [2.05, 4.69) is 5.32 Å². The molecule has 0 radical (unpaired) electrons. The number of carbonyl (C=O) groups is 2. The van der Waals surface area contributed by atoms with Gasteiger partial charge in [-0.05, 0) is 88.7 Å². The van der Waals surface area contributed by atoms with Gasteiger partial charge in [0.25, 0.3) is 10.0 Å². The molecule has 238 valence electrons. The van der Waals surface area contributed by atoms with Crippen LogP contribution in [0.2, 0.25) is 0 Å². The molecule has 10 nitrogen and oxygen atoms in total. The number of amides is 2. The highest BCUT2D eigenvalue weighted by Crippen LogP contribution is 2.33. The maximum atomic E-state index is 14.2. The van der Waals surface area contributed by atoms with Crippen LogP contribution in [0.5, 0.6) is 17.2 Å². The molecule has 12 heteroatoms. The Morgan fingerprint density at radius 3 is 2.09 bits per heavy atom. The van der Waals surface area contributed by atoms with E-state index in [1.807, 2.05) is 27.7 Å². The molecule has 44 heavy (non-hydrogen) atoms. The zero-order valence-electron chi connectivity index (χ0n) is 26.1. The molecule has 0 aliphatic heterocycles. The maximum Gasteiger partial charge on any atom is 0.264 e. The lowest BCUT2D eigenvalue weighted by Crippen LogP contribution is -2.54. The smallest absolute Gasteiger partial charge is 0.264 e. The molecule has 1 atom stereocenters. The van der Waals surface area contributed by atoms with Crippen LogP contribution in [0.3, 0.4) is 0 Å². The Kier molecular flexibility index (Phi) is 11.2. The first kappa shape index (κ1) is 34.2. The van der Waals surface area contributed by atoms with Crippen molar-refractivity contribution in [2.24, 2.45) is 0 Å². The third-order valence-electron chi connectivity index (χ3n) is 6.59. The molecule has 2 amide bonds. The van der Waals surface area contributed by atoms with Crippen LogP contribution in [0.25, 0.3) is 0 Å². The Balaban J connectivity index is 2.09. The Morgan fingerprint density at radius 1 is 0.932 bits per heavy atom. The van der Waals surface area contributed by atoms with Crippen LogP contribution in [-0.4, -0.2) is 64.1 Å². The summed E-state index contributed by atoms with van der Waals surface area (Å²) in [5.41, 5.74) is 0.178. The molecule has 0 spiro atoms. The number of benzene rings is 3. The van der Waals surface area contributed by atoms with Crippen molar-refractivity contribution in [3.8, 4) is 17.2 Å². The molecular weight excluding hydrogens is 589 g/mol. The van der Waals surface area contributed by atoms with Gasteiger partial charge in [0.05, 0.1) is 31.4 Å². The van der Waals surface area contributed by atoms with E-state index < -0.39 is 45.8 Å². The highest BCUT2D eigenvalue weighted by atomic mass is 32.2. The van der Waals surface area contributed by atoms with Crippen molar-refractivity contribution < 1.29 is 36.6 Å². The van der Waals surface area contributed by atoms with Crippen LogP contribution in [0.4, 0.5) is 10.1 Å². The van der Waals surface area contributed by atoms with Gasteiger partial charge in [-0.2, -0.15) is 0 Å². The van der Waals surface area contributed by atoms with Gasteiger partial charge in [0.2, 0.25) is 11.8 Å². The van der Waals surface area contributed by atoms with E-state index in [0.29, 0.717) is 23.7 Å². The molecule has 3 aromatic carbocycles. The zero-order valence-corrected chi connectivity index (χ0v) is 26.9. The second-order valence-electron chi connectivity index (χ2n) is 11.0. The van der Waals surface area contributed by atoms with Crippen LogP contribution in [0, 0.1) is 5.82 Å². The standard InChI is InChI=1S/C32H40FN3O7S/c1-8-43-26-15-13-25(14-16-26)36(44(39,40)27-17-18-28(41-6)29(19-27)42-7)21-30(37)35(20-23-9-11-24(33)12-10-23)22(2)31(38)34-32(3,4)5/h9-19,22H,8,20-21H2,1-7H3,(H,34,38)/t22-/m1/s1. The number of sulfonamides is 1. The fraction of sp³-hybridized carbons (Fsp3) is 0.375. The van der Waals surface area contributed by atoms with Crippen LogP contribution in [0.15, 0.2) is 71.6 Å². The number of rotatable bonds is 13. The van der Waals surface area contributed by atoms with Crippen molar-refractivity contribution in [1.29, 1.82) is 0 Å². The van der Waals surface area contributed by atoms with Crippen molar-refractivity contribution >= 4 is 27.5 Å². The molecule has 0 aromatic heterocycles. The number of anilines is 1. The first-order valence-electron chi connectivity index (χ1n) is 14.0. The molecule has 0 heterocycles. The van der Waals surface area contributed by atoms with E-state index >= 15 is 0 Å². The highest BCUT2D eigenvalue weighted by molar-refractivity contribution is 7.92. The van der Waals surface area contributed by atoms with E-state index in [-0.39, 0.29) is 22.9 Å². The summed E-state index contributed by atoms with van der Waals surface area (Å²) in [5, 5.41) is 2.87. The number of hydrogen-bond donors (Lipinski definition) is 1. The Bertz CT molecular complexity index is 1540. The number of halogens is 1. The van der Waals surface area contributed by atoms with E-state index in [4.69, 9.17) is 14.2 Å². The Morgan fingerprint density at radius 2 is 1.55 bits per heavy atom. The predicted molar refractivity (Wildman–Crippen MR) is 166 cm³/mol. The van der Waals surface area contributed by atoms with Crippen LogP contribution >= 0.6 is 0 Å². The molecule has 0 unspecified atom stereocenters. The summed E-state index contributed by atoms with van der Waals surface area (Å²) < 4.78 is 59.0. The Labute approximate surface area is 258 Å². The highest BCUT2D eigenvalue weighted by Gasteiger charge is 2.34. The van der Waals surface area contributed by atoms with Gasteiger partial charge in [-0.15, -0.1) is 0 Å². The van der Waals surface area contributed by atoms with Gasteiger partial charge in [-0.1, -0.05) is 12.1 Å². The average Bonchev–Trinajstić information content (AvgIpc) is 2.98. The van der Waals surface area contributed by atoms with Crippen molar-refractivity contribution in [3.63, 3.8) is 0 Å². The molecule has 0 saturated carbocycles. The van der Waals surface area contributed by atoms with Crippen LogP contribution in [0.1, 0.15) is 40.2 Å². The van der Waals surface area contributed by atoms with Gasteiger partial charge >= 0.3 is 0 Å². The second-order valence-corrected chi connectivity index (χ2v) is 12.9. The number of carbonyl (C=O) groups excluding carboxylic acids is 2. The van der Waals surface area contributed by atoms with Gasteiger partial charge in [0.15, 0.2) is 11.5 Å². The zero-order chi connectivity index (χ0) is 32.7. The lowest BCUT2D eigenvalue weighted by Gasteiger charge is -2.33. The molecule has 0 aliphatic rings. The lowest BCUT2D eigenvalue weighted by atomic mass is 10.1. The predicted octanol–water partition coefficient (Wildman–Crippen LogP) is 4.77. The minimum atomic E-state index is -4.36. The Hall–Kier alpha value is -4.32. The average molecular weight is 630 g/mol. The second kappa shape index (κ2) is 14.4. The van der Waals surface area contributed by atoms with Gasteiger partial charge in [-0.3, -0.25) is 13.9 Å². The summed E-state index contributed by atoms with van der Waals surface area (Å²) in [6.45, 7) is 8.54. The maximum absolute atomic E-state index is 14.2. The number of methoxy groups -OCH3 is 2. The molecule has 0 fully saturated rings. The first-order valence-corrected chi connectivity index (χ1v) is 15.5.